The minimum absolute atomic E-state index is 0.0828. The molecule has 0 aliphatic rings. The van der Waals surface area contributed by atoms with Crippen molar-refractivity contribution in [2.24, 2.45) is 0 Å². The largest absolute Gasteiger partial charge is 0.488 e. The predicted molar refractivity (Wildman–Crippen MR) is 107 cm³/mol. The number of anilines is 1. The highest BCUT2D eigenvalue weighted by atomic mass is 35.5. The van der Waals surface area contributed by atoms with Crippen LogP contribution in [0.3, 0.4) is 0 Å². The molecule has 8 nitrogen and oxygen atoms in total. The number of aromatic amines is 1. The van der Waals surface area contributed by atoms with Gasteiger partial charge in [0.15, 0.2) is 0 Å². The molecule has 0 bridgehead atoms. The highest BCUT2D eigenvalue weighted by Crippen LogP contribution is 2.36. The quantitative estimate of drug-likeness (QED) is 0.467. The van der Waals surface area contributed by atoms with Gasteiger partial charge in [0.1, 0.15) is 35.1 Å². The van der Waals surface area contributed by atoms with Crippen LogP contribution in [0.5, 0.6) is 5.75 Å². The molecule has 1 aromatic heterocycles. The Hall–Kier alpha value is -3.85. The number of hydrogen-bond donors (Lipinski definition) is 4. The van der Waals surface area contributed by atoms with Gasteiger partial charge in [0.25, 0.3) is 5.56 Å². The molecule has 2 aromatic carbocycles. The molecule has 0 saturated carbocycles. The first kappa shape index (κ1) is 20.9. The number of nitrogen functional groups attached to an aromatic ring is 1. The number of carboxylic acid groups (broad SMARTS) is 2. The van der Waals surface area contributed by atoms with Crippen LogP contribution in [0.25, 0.3) is 11.1 Å². The average Bonchev–Trinajstić information content (AvgIpc) is 2.65. The smallest absolute Gasteiger partial charge is 0.342 e. The molecule has 154 valence electrons. The van der Waals surface area contributed by atoms with Gasteiger partial charge in [-0.15, -0.1) is 0 Å². The van der Waals surface area contributed by atoms with Crippen molar-refractivity contribution in [3.63, 3.8) is 0 Å². The predicted octanol–water partition coefficient (Wildman–Crippen LogP) is 3.39. The number of benzene rings is 2. The molecule has 30 heavy (non-hydrogen) atoms. The first-order valence-corrected chi connectivity index (χ1v) is 8.76. The number of nitrogens with two attached hydrogens (primary N) is 1. The molecule has 0 aliphatic carbocycles. The molecule has 0 amide bonds. The van der Waals surface area contributed by atoms with Crippen molar-refractivity contribution in [1.82, 2.24) is 4.98 Å². The summed E-state index contributed by atoms with van der Waals surface area (Å²) in [5.74, 6) is -4.70. The summed E-state index contributed by atoms with van der Waals surface area (Å²) in [6.45, 7) is -0.0828. The maximum Gasteiger partial charge on any atom is 0.342 e. The van der Waals surface area contributed by atoms with Crippen molar-refractivity contribution in [2.75, 3.05) is 5.73 Å². The van der Waals surface area contributed by atoms with Crippen molar-refractivity contribution >= 4 is 29.4 Å². The highest BCUT2D eigenvalue weighted by Gasteiger charge is 2.28. The maximum atomic E-state index is 13.9. The second kappa shape index (κ2) is 8.26. The van der Waals surface area contributed by atoms with E-state index in [1.54, 1.807) is 24.3 Å². The van der Waals surface area contributed by atoms with E-state index in [-0.39, 0.29) is 17.9 Å². The van der Waals surface area contributed by atoms with Gasteiger partial charge in [0.2, 0.25) is 0 Å². The van der Waals surface area contributed by atoms with E-state index in [0.29, 0.717) is 10.6 Å². The minimum atomic E-state index is -1.68. The van der Waals surface area contributed by atoms with E-state index in [4.69, 9.17) is 22.1 Å². The lowest BCUT2D eigenvalue weighted by Gasteiger charge is -2.16. The van der Waals surface area contributed by atoms with E-state index in [1.165, 1.54) is 0 Å². The number of carbonyl (C=O) groups is 2. The second-order valence-electron chi connectivity index (χ2n) is 6.16. The monoisotopic (exact) mass is 432 g/mol. The fourth-order valence-electron chi connectivity index (χ4n) is 2.93. The van der Waals surface area contributed by atoms with Crippen LogP contribution in [0.4, 0.5) is 10.2 Å². The number of rotatable bonds is 6. The summed E-state index contributed by atoms with van der Waals surface area (Å²) < 4.78 is 19.5. The second-order valence-corrected chi connectivity index (χ2v) is 6.60. The standard InChI is InChI=1S/C20H14ClFN2O6/c21-10-3-1-2-9(6-10)8-30-13-7-11(22)4-5-12(13)14-15(19(26)27)17(23)24-18(25)16(14)20(28)29/h1-7H,8H2,(H,26,27)(H,28,29)(H3,23,24,25). The molecule has 5 N–H and O–H groups in total. The molecule has 0 atom stereocenters. The van der Waals surface area contributed by atoms with Crippen molar-refractivity contribution in [2.45, 2.75) is 6.61 Å². The molecule has 1 heterocycles. The molecule has 0 unspecified atom stereocenters. The number of aromatic carboxylic acids is 2. The zero-order chi connectivity index (χ0) is 22.0. The number of nitrogens with one attached hydrogen (secondary N) is 1. The molecular formula is C20H14ClFN2O6. The van der Waals surface area contributed by atoms with Gasteiger partial charge in [-0.2, -0.15) is 0 Å². The summed E-state index contributed by atoms with van der Waals surface area (Å²) in [7, 11) is 0. The average molecular weight is 433 g/mol. The third-order valence-corrected chi connectivity index (χ3v) is 4.40. The minimum Gasteiger partial charge on any atom is -0.488 e. The molecule has 3 aromatic rings. The highest BCUT2D eigenvalue weighted by molar-refractivity contribution is 6.30. The van der Waals surface area contributed by atoms with Gasteiger partial charge in [-0.1, -0.05) is 23.7 Å². The SMILES string of the molecule is Nc1[nH]c(=O)c(C(=O)O)c(-c2ccc(F)cc2OCc2cccc(Cl)c2)c1C(=O)O. The van der Waals surface area contributed by atoms with E-state index in [2.05, 4.69) is 0 Å². The van der Waals surface area contributed by atoms with Crippen LogP contribution in [-0.4, -0.2) is 27.1 Å². The molecule has 0 radical (unpaired) electrons. The van der Waals surface area contributed by atoms with Crippen molar-refractivity contribution < 1.29 is 28.9 Å². The molecule has 0 fully saturated rings. The summed E-state index contributed by atoms with van der Waals surface area (Å²) in [4.78, 5) is 37.7. The van der Waals surface area contributed by atoms with Gasteiger partial charge >= 0.3 is 11.9 Å². The van der Waals surface area contributed by atoms with Gasteiger partial charge in [0, 0.05) is 22.2 Å². The van der Waals surface area contributed by atoms with Crippen molar-refractivity contribution in [3.05, 3.63) is 80.3 Å². The molecular weight excluding hydrogens is 419 g/mol. The summed E-state index contributed by atoms with van der Waals surface area (Å²) in [6.07, 6.45) is 0. The number of hydrogen-bond acceptors (Lipinski definition) is 5. The zero-order valence-electron chi connectivity index (χ0n) is 15.1. The molecule has 0 saturated heterocycles. The van der Waals surface area contributed by atoms with E-state index in [1.807, 2.05) is 4.98 Å². The molecule has 0 aliphatic heterocycles. The Kier molecular flexibility index (Phi) is 5.74. The first-order valence-electron chi connectivity index (χ1n) is 8.38. The van der Waals surface area contributed by atoms with Crippen LogP contribution in [0, 0.1) is 5.82 Å². The van der Waals surface area contributed by atoms with Crippen LogP contribution in [0.2, 0.25) is 5.02 Å². The number of ether oxygens (including phenoxy) is 1. The van der Waals surface area contributed by atoms with E-state index >= 15 is 0 Å². The van der Waals surface area contributed by atoms with Gasteiger partial charge in [-0.05, 0) is 29.8 Å². The molecule has 10 heteroatoms. The number of aromatic nitrogens is 1. The first-order chi connectivity index (χ1) is 14.2. The summed E-state index contributed by atoms with van der Waals surface area (Å²) in [6, 6.07) is 9.69. The topological polar surface area (TPSA) is 143 Å². The van der Waals surface area contributed by atoms with Gasteiger partial charge in [-0.25, -0.2) is 14.0 Å². The number of H-pyrrole nitrogens is 1. The van der Waals surface area contributed by atoms with Crippen LogP contribution in [0.15, 0.2) is 47.3 Å². The fourth-order valence-corrected chi connectivity index (χ4v) is 3.14. The normalized spacial score (nSPS) is 10.6. The lowest BCUT2D eigenvalue weighted by atomic mass is 9.94. The lowest BCUT2D eigenvalue weighted by molar-refractivity contribution is 0.0695. The molecule has 0 spiro atoms. The van der Waals surface area contributed by atoms with Crippen LogP contribution in [0.1, 0.15) is 26.3 Å². The Morgan fingerprint density at radius 2 is 1.80 bits per heavy atom. The van der Waals surface area contributed by atoms with Gasteiger partial charge in [-0.3, -0.25) is 4.79 Å². The number of halogens is 2. The number of pyridine rings is 1. The van der Waals surface area contributed by atoms with Crippen LogP contribution >= 0.6 is 11.6 Å². The third-order valence-electron chi connectivity index (χ3n) is 4.17. The van der Waals surface area contributed by atoms with E-state index in [0.717, 1.165) is 18.2 Å². The van der Waals surface area contributed by atoms with Gasteiger partial charge < -0.3 is 25.7 Å². The fraction of sp³-hybridized carbons (Fsp3) is 0.0500. The number of carboxylic acids is 2. The van der Waals surface area contributed by atoms with Crippen molar-refractivity contribution in [1.29, 1.82) is 0 Å². The molecule has 3 rings (SSSR count). The van der Waals surface area contributed by atoms with Crippen LogP contribution in [-0.2, 0) is 6.61 Å². The zero-order valence-corrected chi connectivity index (χ0v) is 15.9. The Morgan fingerprint density at radius 3 is 2.43 bits per heavy atom. The lowest BCUT2D eigenvalue weighted by Crippen LogP contribution is -2.24. The summed E-state index contributed by atoms with van der Waals surface area (Å²) in [5.41, 5.74) is 3.04. The van der Waals surface area contributed by atoms with Crippen LogP contribution < -0.4 is 16.0 Å². The Balaban J connectivity index is 2.22. The Labute approximate surface area is 173 Å². The Morgan fingerprint density at radius 1 is 1.10 bits per heavy atom. The van der Waals surface area contributed by atoms with E-state index < -0.39 is 45.8 Å². The maximum absolute atomic E-state index is 13.9. The Bertz CT molecular complexity index is 1220. The summed E-state index contributed by atoms with van der Waals surface area (Å²) in [5, 5.41) is 19.5. The summed E-state index contributed by atoms with van der Waals surface area (Å²) >= 11 is 5.93. The van der Waals surface area contributed by atoms with Gasteiger partial charge in [0.05, 0.1) is 0 Å². The van der Waals surface area contributed by atoms with E-state index in [9.17, 15) is 29.0 Å². The third kappa shape index (κ3) is 4.11. The van der Waals surface area contributed by atoms with Crippen molar-refractivity contribution in [3.8, 4) is 16.9 Å².